The van der Waals surface area contributed by atoms with E-state index in [4.69, 9.17) is 9.47 Å². The first-order valence-corrected chi connectivity index (χ1v) is 9.44. The molecule has 0 radical (unpaired) electrons. The van der Waals surface area contributed by atoms with Crippen LogP contribution in [0.2, 0.25) is 0 Å². The Bertz CT molecular complexity index is 977. The lowest BCUT2D eigenvalue weighted by Crippen LogP contribution is -2.48. The van der Waals surface area contributed by atoms with Crippen molar-refractivity contribution in [2.45, 2.75) is 0 Å². The van der Waals surface area contributed by atoms with Gasteiger partial charge < -0.3 is 19.3 Å². The smallest absolute Gasteiger partial charge is 0.257 e. The molecule has 0 aromatic heterocycles. The minimum absolute atomic E-state index is 0.0250. The molecule has 0 atom stereocenters. The lowest BCUT2D eigenvalue weighted by atomic mass is 10.0. The molecule has 3 aromatic carbocycles. The van der Waals surface area contributed by atoms with Crippen molar-refractivity contribution in [1.82, 2.24) is 4.90 Å². The number of benzene rings is 3. The number of carbonyl (C=O) groups is 1. The maximum absolute atomic E-state index is 13.2. The van der Waals surface area contributed by atoms with Crippen LogP contribution in [0.3, 0.4) is 0 Å². The van der Waals surface area contributed by atoms with Crippen LogP contribution in [-0.2, 0) is 0 Å². The summed E-state index contributed by atoms with van der Waals surface area (Å²) in [6.07, 6.45) is 0. The quantitative estimate of drug-likeness (QED) is 0.694. The summed E-state index contributed by atoms with van der Waals surface area (Å²) in [6, 6.07) is 19.9. The van der Waals surface area contributed by atoms with Crippen molar-refractivity contribution < 1.29 is 14.3 Å². The Kier molecular flexibility index (Phi) is 5.06. The fourth-order valence-electron chi connectivity index (χ4n) is 3.69. The third-order valence-electron chi connectivity index (χ3n) is 5.30. The molecule has 4 rings (SSSR count). The predicted molar refractivity (Wildman–Crippen MR) is 112 cm³/mol. The third kappa shape index (κ3) is 3.48. The molecule has 0 N–H and O–H groups in total. The second kappa shape index (κ2) is 7.80. The second-order valence-electron chi connectivity index (χ2n) is 6.88. The summed E-state index contributed by atoms with van der Waals surface area (Å²) in [5.41, 5.74) is 1.77. The number of methoxy groups -OCH3 is 2. The molecule has 0 aliphatic carbocycles. The van der Waals surface area contributed by atoms with Crippen molar-refractivity contribution in [3.63, 3.8) is 0 Å². The zero-order chi connectivity index (χ0) is 19.5. The molecule has 0 unspecified atom stereocenters. The number of fused-ring (bicyclic) bond motifs is 1. The molecule has 1 heterocycles. The summed E-state index contributed by atoms with van der Waals surface area (Å²) in [5.74, 6) is 1.50. The number of nitrogens with zero attached hydrogens (tertiary/aromatic N) is 2. The summed E-state index contributed by atoms with van der Waals surface area (Å²) in [7, 11) is 3.28. The van der Waals surface area contributed by atoms with Gasteiger partial charge in [0.15, 0.2) is 0 Å². The van der Waals surface area contributed by atoms with E-state index in [0.29, 0.717) is 24.4 Å². The minimum atomic E-state index is 0.0250. The Balaban J connectivity index is 1.50. The monoisotopic (exact) mass is 376 g/mol. The lowest BCUT2D eigenvalue weighted by molar-refractivity contribution is 0.0743. The zero-order valence-corrected chi connectivity index (χ0v) is 16.2. The van der Waals surface area contributed by atoms with Gasteiger partial charge in [0.25, 0.3) is 5.91 Å². The number of rotatable bonds is 4. The van der Waals surface area contributed by atoms with Crippen molar-refractivity contribution in [3.8, 4) is 11.5 Å². The Morgan fingerprint density at radius 3 is 2.07 bits per heavy atom. The normalized spacial score (nSPS) is 14.2. The van der Waals surface area contributed by atoms with Gasteiger partial charge in [-0.2, -0.15) is 0 Å². The molecule has 1 amide bonds. The van der Waals surface area contributed by atoms with Gasteiger partial charge >= 0.3 is 0 Å². The molecule has 1 aliphatic heterocycles. The highest BCUT2D eigenvalue weighted by Gasteiger charge is 2.25. The number of hydrogen-bond donors (Lipinski definition) is 0. The van der Waals surface area contributed by atoms with E-state index >= 15 is 0 Å². The van der Waals surface area contributed by atoms with Gasteiger partial charge in [0, 0.05) is 31.9 Å². The summed E-state index contributed by atoms with van der Waals surface area (Å²) < 4.78 is 10.7. The third-order valence-corrected chi connectivity index (χ3v) is 5.30. The van der Waals surface area contributed by atoms with Crippen LogP contribution in [-0.4, -0.2) is 51.2 Å². The average Bonchev–Trinajstić information content (AvgIpc) is 2.78. The van der Waals surface area contributed by atoms with Crippen LogP contribution in [0.1, 0.15) is 10.4 Å². The predicted octanol–water partition coefficient (Wildman–Crippen LogP) is 3.82. The number of anilines is 1. The number of piperazine rings is 1. The molecule has 0 bridgehead atoms. The first-order chi connectivity index (χ1) is 13.7. The second-order valence-corrected chi connectivity index (χ2v) is 6.88. The highest BCUT2D eigenvalue weighted by Crippen LogP contribution is 2.28. The SMILES string of the molecule is COc1ccc(N2CCN(C(=O)c3cc4ccccc4cc3OC)CC2)cc1. The van der Waals surface area contributed by atoms with Crippen molar-refractivity contribution >= 4 is 22.4 Å². The average molecular weight is 376 g/mol. The topological polar surface area (TPSA) is 42.0 Å². The number of amides is 1. The molecule has 3 aromatic rings. The fraction of sp³-hybridized carbons (Fsp3) is 0.261. The summed E-state index contributed by atoms with van der Waals surface area (Å²) >= 11 is 0. The van der Waals surface area contributed by atoms with Gasteiger partial charge in [-0.05, 0) is 47.2 Å². The molecule has 0 spiro atoms. The fourth-order valence-corrected chi connectivity index (χ4v) is 3.69. The molecule has 144 valence electrons. The number of carbonyl (C=O) groups excluding carboxylic acids is 1. The van der Waals surface area contributed by atoms with E-state index in [1.165, 1.54) is 0 Å². The molecule has 0 saturated carbocycles. The Hall–Kier alpha value is -3.21. The first kappa shape index (κ1) is 18.2. The van der Waals surface area contributed by atoms with Crippen LogP contribution in [0.25, 0.3) is 10.8 Å². The summed E-state index contributed by atoms with van der Waals surface area (Å²) in [4.78, 5) is 17.4. The van der Waals surface area contributed by atoms with E-state index in [0.717, 1.165) is 35.3 Å². The van der Waals surface area contributed by atoms with Crippen molar-refractivity contribution in [2.24, 2.45) is 0 Å². The Morgan fingerprint density at radius 2 is 1.46 bits per heavy atom. The molecule has 5 heteroatoms. The molecular weight excluding hydrogens is 352 g/mol. The molecular formula is C23H24N2O3. The van der Waals surface area contributed by atoms with Gasteiger partial charge in [-0.15, -0.1) is 0 Å². The summed E-state index contributed by atoms with van der Waals surface area (Å²) in [6.45, 7) is 2.96. The van der Waals surface area contributed by atoms with E-state index < -0.39 is 0 Å². The molecule has 1 aliphatic rings. The van der Waals surface area contributed by atoms with Crippen molar-refractivity contribution in [3.05, 3.63) is 66.2 Å². The standard InChI is InChI=1S/C23H24N2O3/c1-27-20-9-7-19(8-10-20)24-11-13-25(14-12-24)23(26)21-15-17-5-3-4-6-18(17)16-22(21)28-2/h3-10,15-16H,11-14H2,1-2H3. The van der Waals surface area contributed by atoms with Crippen LogP contribution in [0.4, 0.5) is 5.69 Å². The molecule has 28 heavy (non-hydrogen) atoms. The van der Waals surface area contributed by atoms with E-state index in [-0.39, 0.29) is 5.91 Å². The highest BCUT2D eigenvalue weighted by atomic mass is 16.5. The van der Waals surface area contributed by atoms with E-state index in [2.05, 4.69) is 17.0 Å². The van der Waals surface area contributed by atoms with Gasteiger partial charge in [0.1, 0.15) is 11.5 Å². The van der Waals surface area contributed by atoms with E-state index in [1.54, 1.807) is 14.2 Å². The summed E-state index contributed by atoms with van der Waals surface area (Å²) in [5, 5.41) is 2.11. The lowest BCUT2D eigenvalue weighted by Gasteiger charge is -2.36. The zero-order valence-electron chi connectivity index (χ0n) is 16.2. The maximum Gasteiger partial charge on any atom is 0.257 e. The van der Waals surface area contributed by atoms with Crippen LogP contribution in [0.15, 0.2) is 60.7 Å². The largest absolute Gasteiger partial charge is 0.497 e. The van der Waals surface area contributed by atoms with E-state index in [9.17, 15) is 4.79 Å². The highest BCUT2D eigenvalue weighted by molar-refractivity contribution is 6.01. The van der Waals surface area contributed by atoms with Crippen molar-refractivity contribution in [2.75, 3.05) is 45.3 Å². The van der Waals surface area contributed by atoms with Crippen LogP contribution < -0.4 is 14.4 Å². The Morgan fingerprint density at radius 1 is 0.821 bits per heavy atom. The first-order valence-electron chi connectivity index (χ1n) is 9.44. The number of ether oxygens (including phenoxy) is 2. The van der Waals surface area contributed by atoms with Crippen LogP contribution in [0.5, 0.6) is 11.5 Å². The Labute approximate surface area is 165 Å². The molecule has 1 saturated heterocycles. The van der Waals surface area contributed by atoms with Gasteiger partial charge in [0.05, 0.1) is 19.8 Å². The number of hydrogen-bond acceptors (Lipinski definition) is 4. The molecule has 1 fully saturated rings. The van der Waals surface area contributed by atoms with E-state index in [1.807, 2.05) is 53.4 Å². The van der Waals surface area contributed by atoms with Gasteiger partial charge in [-0.25, -0.2) is 0 Å². The van der Waals surface area contributed by atoms with Gasteiger partial charge in [-0.3, -0.25) is 4.79 Å². The minimum Gasteiger partial charge on any atom is -0.497 e. The molecule has 5 nitrogen and oxygen atoms in total. The van der Waals surface area contributed by atoms with Crippen molar-refractivity contribution in [1.29, 1.82) is 0 Å². The van der Waals surface area contributed by atoms with Crippen LogP contribution in [0, 0.1) is 0 Å². The van der Waals surface area contributed by atoms with Gasteiger partial charge in [-0.1, -0.05) is 24.3 Å². The van der Waals surface area contributed by atoms with Crippen LogP contribution >= 0.6 is 0 Å². The maximum atomic E-state index is 13.2. The van der Waals surface area contributed by atoms with Gasteiger partial charge in [0.2, 0.25) is 0 Å².